The summed E-state index contributed by atoms with van der Waals surface area (Å²) in [5.74, 6) is 2.83. The van der Waals surface area contributed by atoms with Crippen molar-refractivity contribution in [3.05, 3.63) is 72.3 Å². The van der Waals surface area contributed by atoms with Gasteiger partial charge in [0, 0.05) is 17.7 Å². The maximum atomic E-state index is 11.6. The lowest BCUT2D eigenvalue weighted by Gasteiger charge is -2.25. The van der Waals surface area contributed by atoms with Gasteiger partial charge in [0.1, 0.15) is 23.1 Å². The molecule has 1 aromatic heterocycles. The lowest BCUT2D eigenvalue weighted by Crippen LogP contribution is -2.30. The average Bonchev–Trinajstić information content (AvgIpc) is 3.36. The van der Waals surface area contributed by atoms with Crippen molar-refractivity contribution in [1.29, 1.82) is 0 Å². The SMILES string of the molecule is O=C(O)c1ccc2c(c1)nc(-c1ccc(Oc3cccc(OCC4CCNCC4)c3)cc1)n2C1CCCCC1. The van der Waals surface area contributed by atoms with Gasteiger partial charge in [-0.1, -0.05) is 25.3 Å². The molecule has 7 heteroatoms. The fourth-order valence-electron chi connectivity index (χ4n) is 5.84. The maximum Gasteiger partial charge on any atom is 0.335 e. The number of benzene rings is 3. The van der Waals surface area contributed by atoms with Gasteiger partial charge in [-0.15, -0.1) is 0 Å². The Kier molecular flexibility index (Phi) is 7.50. The second-order valence-electron chi connectivity index (χ2n) is 10.7. The number of fused-ring (bicyclic) bond motifs is 1. The zero-order valence-corrected chi connectivity index (χ0v) is 22.1. The fraction of sp³-hybridized carbons (Fsp3) is 0.375. The normalized spacial score (nSPS) is 16.8. The number of aromatic carboxylic acids is 1. The molecule has 2 aliphatic rings. The molecule has 2 N–H and O–H groups in total. The third kappa shape index (κ3) is 5.78. The highest BCUT2D eigenvalue weighted by molar-refractivity contribution is 5.93. The van der Waals surface area contributed by atoms with Gasteiger partial charge in [0.05, 0.1) is 23.2 Å². The Hall–Kier alpha value is -3.84. The van der Waals surface area contributed by atoms with Crippen LogP contribution in [0.3, 0.4) is 0 Å². The van der Waals surface area contributed by atoms with Gasteiger partial charge >= 0.3 is 5.97 Å². The van der Waals surface area contributed by atoms with Crippen molar-refractivity contribution in [3.8, 4) is 28.6 Å². The molecular formula is C32H35N3O4. The molecule has 4 aromatic rings. The number of rotatable bonds is 8. The summed E-state index contributed by atoms with van der Waals surface area (Å²) in [4.78, 5) is 16.5. The van der Waals surface area contributed by atoms with Crippen LogP contribution >= 0.6 is 0 Å². The number of nitrogens with zero attached hydrogens (tertiary/aromatic N) is 2. The van der Waals surface area contributed by atoms with E-state index < -0.39 is 5.97 Å². The van der Waals surface area contributed by atoms with Gasteiger partial charge in [-0.2, -0.15) is 0 Å². The van der Waals surface area contributed by atoms with Crippen molar-refractivity contribution >= 4 is 17.0 Å². The number of nitrogens with one attached hydrogen (secondary N) is 1. The Labute approximate surface area is 228 Å². The van der Waals surface area contributed by atoms with Gasteiger partial charge in [-0.25, -0.2) is 9.78 Å². The summed E-state index contributed by atoms with van der Waals surface area (Å²) in [6.45, 7) is 2.86. The minimum absolute atomic E-state index is 0.257. The van der Waals surface area contributed by atoms with Crippen molar-refractivity contribution in [2.45, 2.75) is 51.0 Å². The molecular weight excluding hydrogens is 490 g/mol. The van der Waals surface area contributed by atoms with Crippen LogP contribution in [0.1, 0.15) is 61.3 Å². The Morgan fingerprint density at radius 1 is 0.897 bits per heavy atom. The molecule has 0 atom stereocenters. The minimum Gasteiger partial charge on any atom is -0.493 e. The van der Waals surface area contributed by atoms with Crippen molar-refractivity contribution in [1.82, 2.24) is 14.9 Å². The number of piperidine rings is 1. The minimum atomic E-state index is -0.937. The van der Waals surface area contributed by atoms with E-state index >= 15 is 0 Å². The summed E-state index contributed by atoms with van der Waals surface area (Å²) in [5.41, 5.74) is 2.95. The molecule has 3 aromatic carbocycles. The molecule has 39 heavy (non-hydrogen) atoms. The van der Waals surface area contributed by atoms with Gasteiger partial charge in [0.15, 0.2) is 0 Å². The number of ether oxygens (including phenoxy) is 2. The zero-order valence-electron chi connectivity index (χ0n) is 22.1. The molecule has 1 aliphatic carbocycles. The van der Waals surface area contributed by atoms with E-state index in [4.69, 9.17) is 14.5 Å². The summed E-state index contributed by atoms with van der Waals surface area (Å²) in [6, 6.07) is 21.4. The van der Waals surface area contributed by atoms with E-state index in [2.05, 4.69) is 9.88 Å². The molecule has 202 valence electrons. The Bertz CT molecular complexity index is 1430. The van der Waals surface area contributed by atoms with Crippen molar-refractivity contribution in [3.63, 3.8) is 0 Å². The predicted octanol–water partition coefficient (Wildman–Crippen LogP) is 7.08. The first-order chi connectivity index (χ1) is 19.1. The third-order valence-corrected chi connectivity index (χ3v) is 7.97. The fourth-order valence-corrected chi connectivity index (χ4v) is 5.84. The quantitative estimate of drug-likeness (QED) is 0.256. The molecule has 0 radical (unpaired) electrons. The van der Waals surface area contributed by atoms with Crippen LogP contribution in [0.5, 0.6) is 17.2 Å². The molecule has 0 unspecified atom stereocenters. The topological polar surface area (TPSA) is 85.6 Å². The van der Waals surface area contributed by atoms with Crippen LogP contribution in [0.25, 0.3) is 22.4 Å². The van der Waals surface area contributed by atoms with E-state index in [0.717, 1.165) is 85.0 Å². The molecule has 2 heterocycles. The lowest BCUT2D eigenvalue weighted by molar-refractivity contribution is 0.0697. The molecule has 1 aliphatic heterocycles. The van der Waals surface area contributed by atoms with Crippen molar-refractivity contribution in [2.24, 2.45) is 5.92 Å². The van der Waals surface area contributed by atoms with Crippen molar-refractivity contribution in [2.75, 3.05) is 19.7 Å². The number of carboxylic acid groups (broad SMARTS) is 1. The average molecular weight is 526 g/mol. The number of carbonyl (C=O) groups is 1. The molecule has 6 rings (SSSR count). The largest absolute Gasteiger partial charge is 0.493 e. The summed E-state index contributed by atoms with van der Waals surface area (Å²) >= 11 is 0. The first-order valence-electron chi connectivity index (χ1n) is 14.1. The smallest absolute Gasteiger partial charge is 0.335 e. The summed E-state index contributed by atoms with van der Waals surface area (Å²) in [5, 5.41) is 12.9. The van der Waals surface area contributed by atoms with Crippen LogP contribution in [-0.4, -0.2) is 40.3 Å². The van der Waals surface area contributed by atoms with Crippen LogP contribution in [-0.2, 0) is 0 Å². The van der Waals surface area contributed by atoms with Gasteiger partial charge in [-0.3, -0.25) is 0 Å². The second kappa shape index (κ2) is 11.5. The van der Waals surface area contributed by atoms with Crippen molar-refractivity contribution < 1.29 is 19.4 Å². The third-order valence-electron chi connectivity index (χ3n) is 7.97. The molecule has 0 amide bonds. The molecule has 7 nitrogen and oxygen atoms in total. The van der Waals surface area contributed by atoms with Crippen LogP contribution in [0.4, 0.5) is 0 Å². The summed E-state index contributed by atoms with van der Waals surface area (Å²) in [7, 11) is 0. The maximum absolute atomic E-state index is 11.6. The predicted molar refractivity (Wildman–Crippen MR) is 152 cm³/mol. The highest BCUT2D eigenvalue weighted by Crippen LogP contribution is 2.37. The van der Waals surface area contributed by atoms with E-state index in [1.165, 1.54) is 19.3 Å². The second-order valence-corrected chi connectivity index (χ2v) is 10.7. The van der Waals surface area contributed by atoms with Gasteiger partial charge in [0.25, 0.3) is 0 Å². The lowest BCUT2D eigenvalue weighted by atomic mass is 9.95. The van der Waals surface area contributed by atoms with Gasteiger partial charge in [0.2, 0.25) is 0 Å². The Morgan fingerprint density at radius 2 is 1.67 bits per heavy atom. The van der Waals surface area contributed by atoms with E-state index in [-0.39, 0.29) is 5.56 Å². The molecule has 2 fully saturated rings. The van der Waals surface area contributed by atoms with Crippen LogP contribution < -0.4 is 14.8 Å². The summed E-state index contributed by atoms with van der Waals surface area (Å²) < 4.78 is 14.6. The monoisotopic (exact) mass is 525 g/mol. The number of hydrogen-bond donors (Lipinski definition) is 2. The number of imidazole rings is 1. The van der Waals surface area contributed by atoms with Crippen LogP contribution in [0.2, 0.25) is 0 Å². The molecule has 1 saturated heterocycles. The first kappa shape index (κ1) is 25.4. The highest BCUT2D eigenvalue weighted by Gasteiger charge is 2.23. The van der Waals surface area contributed by atoms with Gasteiger partial charge in [-0.05, 0) is 99.3 Å². The zero-order chi connectivity index (χ0) is 26.6. The Morgan fingerprint density at radius 3 is 2.44 bits per heavy atom. The first-order valence-corrected chi connectivity index (χ1v) is 14.1. The molecule has 1 saturated carbocycles. The standard InChI is InChI=1S/C32H35N3O4/c36-32(37)24-11-14-30-29(19-24)34-31(35(30)25-5-2-1-3-6-25)23-9-12-26(13-10-23)39-28-8-4-7-27(20-28)38-21-22-15-17-33-18-16-22/h4,7-14,19-20,22,25,33H,1-3,5-6,15-18,21H2,(H,36,37). The van der Waals surface area contributed by atoms with Crippen LogP contribution in [0, 0.1) is 5.92 Å². The van der Waals surface area contributed by atoms with Crippen LogP contribution in [0.15, 0.2) is 66.7 Å². The number of aromatic nitrogens is 2. The summed E-state index contributed by atoms with van der Waals surface area (Å²) in [6.07, 6.45) is 8.18. The number of hydrogen-bond acceptors (Lipinski definition) is 5. The van der Waals surface area contributed by atoms with E-state index in [1.807, 2.05) is 54.6 Å². The van der Waals surface area contributed by atoms with E-state index in [9.17, 15) is 9.90 Å². The highest BCUT2D eigenvalue weighted by atomic mass is 16.5. The number of carboxylic acids is 1. The van der Waals surface area contributed by atoms with Gasteiger partial charge < -0.3 is 24.5 Å². The Balaban J connectivity index is 1.22. The van der Waals surface area contributed by atoms with E-state index in [1.54, 1.807) is 12.1 Å². The molecule has 0 bridgehead atoms. The molecule has 0 spiro atoms. The van der Waals surface area contributed by atoms with E-state index in [0.29, 0.717) is 12.0 Å².